The van der Waals surface area contributed by atoms with Crippen molar-refractivity contribution < 1.29 is 9.53 Å². The van der Waals surface area contributed by atoms with Crippen molar-refractivity contribution in [2.75, 3.05) is 35.9 Å². The van der Waals surface area contributed by atoms with Crippen LogP contribution in [0.2, 0.25) is 0 Å². The Morgan fingerprint density at radius 3 is 2.48 bits per heavy atom. The summed E-state index contributed by atoms with van der Waals surface area (Å²) < 4.78 is 9.83. The Kier molecular flexibility index (Phi) is 8.98. The Balaban J connectivity index is 1.36. The van der Waals surface area contributed by atoms with Crippen molar-refractivity contribution in [2.45, 2.75) is 70.0 Å². The maximum atomic E-state index is 14.3. The van der Waals surface area contributed by atoms with E-state index < -0.39 is 0 Å². The van der Waals surface area contributed by atoms with Gasteiger partial charge in [0, 0.05) is 58.8 Å². The third-order valence-corrected chi connectivity index (χ3v) is 10.3. The van der Waals surface area contributed by atoms with Crippen LogP contribution in [0.3, 0.4) is 0 Å². The van der Waals surface area contributed by atoms with E-state index in [1.165, 1.54) is 23.5 Å². The second kappa shape index (κ2) is 12.9. The van der Waals surface area contributed by atoms with Crippen LogP contribution in [-0.2, 0) is 0 Å². The number of aromatic nitrogens is 2. The second-order valence-corrected chi connectivity index (χ2v) is 14.3. The van der Waals surface area contributed by atoms with Crippen molar-refractivity contribution in [1.29, 1.82) is 0 Å². The lowest BCUT2D eigenvalue weighted by Gasteiger charge is -2.50. The molecule has 1 N–H and O–H groups in total. The number of thioether (sulfide) groups is 1. The number of nitrogens with one attached hydrogen (secondary N) is 1. The molecule has 7 nitrogen and oxygen atoms in total. The normalized spacial score (nSPS) is 23.2. The van der Waals surface area contributed by atoms with E-state index >= 15 is 0 Å². The highest BCUT2D eigenvalue weighted by atomic mass is 32.2. The van der Waals surface area contributed by atoms with Crippen molar-refractivity contribution in [3.63, 3.8) is 0 Å². The van der Waals surface area contributed by atoms with Crippen LogP contribution in [0.15, 0.2) is 53.4 Å². The Morgan fingerprint density at radius 2 is 1.74 bits per heavy atom. The highest BCUT2D eigenvalue weighted by molar-refractivity contribution is 8.00. The van der Waals surface area contributed by atoms with Crippen LogP contribution in [0.4, 0.5) is 5.95 Å². The molecule has 0 spiro atoms. The summed E-state index contributed by atoms with van der Waals surface area (Å²) in [6, 6.07) is 16.9. The quantitative estimate of drug-likeness (QED) is 0.323. The Hall–Kier alpha value is -2.75. The summed E-state index contributed by atoms with van der Waals surface area (Å²) in [5.74, 6) is 3.93. The minimum atomic E-state index is -0.0626. The van der Waals surface area contributed by atoms with Gasteiger partial charge in [0.25, 0.3) is 5.91 Å². The van der Waals surface area contributed by atoms with E-state index in [0.29, 0.717) is 30.4 Å². The largest absolute Gasteiger partial charge is 0.475 e. The molecule has 2 aromatic carbocycles. The van der Waals surface area contributed by atoms with Gasteiger partial charge in [-0.15, -0.1) is 0 Å². The van der Waals surface area contributed by atoms with E-state index in [1.807, 2.05) is 42.1 Å². The molecule has 1 amide bonds. The van der Waals surface area contributed by atoms with Gasteiger partial charge in [-0.1, -0.05) is 38.1 Å². The van der Waals surface area contributed by atoms with Crippen LogP contribution in [0.1, 0.15) is 54.6 Å². The van der Waals surface area contributed by atoms with E-state index in [0.717, 1.165) is 65.2 Å². The average Bonchev–Trinajstić information content (AvgIpc) is 2.96. The number of fused-ring (bicyclic) bond motifs is 4. The number of hydrogen-bond acceptors (Lipinski definition) is 8. The first-order chi connectivity index (χ1) is 20.4. The van der Waals surface area contributed by atoms with Crippen molar-refractivity contribution in [2.24, 2.45) is 5.92 Å². The molecule has 1 aliphatic carbocycles. The molecule has 42 heavy (non-hydrogen) atoms. The fourth-order valence-corrected chi connectivity index (χ4v) is 8.05. The highest BCUT2D eigenvalue weighted by Crippen LogP contribution is 2.36. The van der Waals surface area contributed by atoms with Crippen LogP contribution in [0.5, 0.6) is 5.88 Å². The van der Waals surface area contributed by atoms with E-state index in [4.69, 9.17) is 14.7 Å². The first-order valence-electron chi connectivity index (χ1n) is 15.1. The van der Waals surface area contributed by atoms with Gasteiger partial charge in [0.05, 0.1) is 11.7 Å². The monoisotopic (exact) mass is 603 g/mol. The second-order valence-electron chi connectivity index (χ2n) is 12.1. The van der Waals surface area contributed by atoms with E-state index in [9.17, 15) is 4.79 Å². The van der Waals surface area contributed by atoms with E-state index in [-0.39, 0.29) is 18.0 Å². The maximum Gasteiger partial charge on any atom is 0.254 e. The lowest BCUT2D eigenvalue weighted by molar-refractivity contribution is -0.000669. The van der Waals surface area contributed by atoms with Gasteiger partial charge in [0.15, 0.2) is 0 Å². The molecular weight excluding hydrogens is 563 g/mol. The number of aryl methyl sites for hydroxylation is 2. The molecule has 222 valence electrons. The zero-order valence-electron chi connectivity index (χ0n) is 25.0. The predicted molar refractivity (Wildman–Crippen MR) is 173 cm³/mol. The van der Waals surface area contributed by atoms with Gasteiger partial charge >= 0.3 is 0 Å². The van der Waals surface area contributed by atoms with E-state index in [2.05, 4.69) is 60.4 Å². The molecule has 2 aliphatic heterocycles. The molecule has 1 saturated carbocycles. The summed E-state index contributed by atoms with van der Waals surface area (Å²) >= 11 is 3.46. The van der Waals surface area contributed by atoms with Gasteiger partial charge < -0.3 is 9.64 Å². The smallest absolute Gasteiger partial charge is 0.254 e. The molecular formula is C33H41N5O2S2. The van der Waals surface area contributed by atoms with E-state index in [1.54, 1.807) is 0 Å². The first kappa shape index (κ1) is 29.3. The average molecular weight is 604 g/mol. The predicted octanol–water partition coefficient (Wildman–Crippen LogP) is 6.71. The van der Waals surface area contributed by atoms with Gasteiger partial charge in [-0.25, -0.2) is 4.98 Å². The molecule has 3 heterocycles. The number of hydrogen-bond donors (Lipinski definition) is 1. The van der Waals surface area contributed by atoms with Gasteiger partial charge in [-0.05, 0) is 80.3 Å². The number of carbonyl (C=O) groups is 1. The third kappa shape index (κ3) is 6.43. The van der Waals surface area contributed by atoms with Crippen molar-refractivity contribution >= 4 is 35.6 Å². The molecule has 1 saturated heterocycles. The third-order valence-electron chi connectivity index (χ3n) is 8.62. The van der Waals surface area contributed by atoms with Crippen LogP contribution >= 0.6 is 23.7 Å². The van der Waals surface area contributed by atoms with Gasteiger partial charge in [-0.3, -0.25) is 14.4 Å². The number of nitrogens with zero attached hydrogens (tertiary/aromatic N) is 4. The molecule has 3 aromatic rings. The topological polar surface area (TPSA) is 70.6 Å². The summed E-state index contributed by atoms with van der Waals surface area (Å²) in [7, 11) is 0. The van der Waals surface area contributed by atoms with Crippen LogP contribution < -0.4 is 9.46 Å². The lowest BCUT2D eigenvalue weighted by atomic mass is 9.82. The Labute approximate surface area is 258 Å². The summed E-state index contributed by atoms with van der Waals surface area (Å²) in [6.07, 6.45) is 2.91. The molecule has 0 radical (unpaired) electrons. The fraction of sp³-hybridized carbons (Fsp3) is 0.485. The molecule has 3 aliphatic rings. The number of anilines is 1. The molecule has 1 atom stereocenters. The summed E-state index contributed by atoms with van der Waals surface area (Å²) in [5.41, 5.74) is 4.96. The number of carbonyl (C=O) groups excluding carboxylic acids is 1. The number of ether oxygens (including phenoxy) is 1. The summed E-state index contributed by atoms with van der Waals surface area (Å²) in [5, 5.41) is 0. The van der Waals surface area contributed by atoms with Crippen molar-refractivity contribution in [3.05, 3.63) is 65.2 Å². The van der Waals surface area contributed by atoms with Gasteiger partial charge in [0.2, 0.25) is 11.8 Å². The molecule has 2 fully saturated rings. The standard InChI is InChI=1S/C33H41N5O2S2/c1-21(2)15-27-20-40-30-19-29(31-22(3)7-5-8-23(31)4)34-33(35-30)36-42-28-10-6-9-24(16-28)32(39)38(27)26-17-25(18-26)37-11-13-41-14-12-37/h5-10,16,19,21,25-27H,11-15,17-18,20H2,1-4H3,(H,34,35,36). The summed E-state index contributed by atoms with van der Waals surface area (Å²) in [4.78, 5) is 29.7. The van der Waals surface area contributed by atoms with Crippen LogP contribution in [0, 0.1) is 19.8 Å². The van der Waals surface area contributed by atoms with Crippen molar-refractivity contribution in [3.8, 4) is 17.1 Å². The number of rotatable bonds is 5. The number of benzene rings is 2. The molecule has 4 bridgehead atoms. The summed E-state index contributed by atoms with van der Waals surface area (Å²) in [6.45, 7) is 11.4. The fourth-order valence-electron chi connectivity index (χ4n) is 6.48. The minimum absolute atomic E-state index is 0.0626. The lowest BCUT2D eigenvalue weighted by Crippen LogP contribution is -2.60. The highest BCUT2D eigenvalue weighted by Gasteiger charge is 2.42. The first-order valence-corrected chi connectivity index (χ1v) is 17.1. The van der Waals surface area contributed by atoms with Crippen LogP contribution in [-0.4, -0.2) is 75.0 Å². The Bertz CT molecular complexity index is 1400. The van der Waals surface area contributed by atoms with Crippen LogP contribution in [0.25, 0.3) is 11.3 Å². The van der Waals surface area contributed by atoms with Gasteiger partial charge in [0.1, 0.15) is 6.61 Å². The van der Waals surface area contributed by atoms with Gasteiger partial charge in [-0.2, -0.15) is 16.7 Å². The molecule has 9 heteroatoms. The minimum Gasteiger partial charge on any atom is -0.475 e. The Morgan fingerprint density at radius 1 is 1.00 bits per heavy atom. The number of amides is 1. The molecule has 1 aromatic heterocycles. The zero-order chi connectivity index (χ0) is 29.2. The SMILES string of the molecule is Cc1cccc(C)c1-c1cc2nc(n1)NSc1cccc(c1)C(=O)N(C1CC(N3CCSCC3)C1)C(CC(C)C)CO2. The zero-order valence-corrected chi connectivity index (χ0v) is 26.6. The maximum absolute atomic E-state index is 14.3. The van der Waals surface area contributed by atoms with Crippen molar-refractivity contribution in [1.82, 2.24) is 19.8 Å². The molecule has 1 unspecified atom stereocenters. The molecule has 6 rings (SSSR count).